The van der Waals surface area contributed by atoms with Crippen LogP contribution in [0, 0.1) is 0 Å². The van der Waals surface area contributed by atoms with E-state index in [-0.39, 0.29) is 11.9 Å². The number of rotatable bonds is 1. The molecule has 2 aromatic rings. The Morgan fingerprint density at radius 2 is 2.35 bits per heavy atom. The first-order chi connectivity index (χ1) is 8.15. The molecule has 88 valence electrons. The number of benzene rings is 1. The zero-order valence-corrected chi connectivity index (χ0v) is 10.5. The third-order valence-electron chi connectivity index (χ3n) is 2.74. The maximum atomic E-state index is 11.7. The number of nitrogens with two attached hydrogens (primary N) is 1. The summed E-state index contributed by atoms with van der Waals surface area (Å²) in [7, 11) is 0. The highest BCUT2D eigenvalue weighted by atomic mass is 35.5. The van der Waals surface area contributed by atoms with Crippen molar-refractivity contribution in [3.05, 3.63) is 23.2 Å². The van der Waals surface area contributed by atoms with Gasteiger partial charge in [0.1, 0.15) is 5.52 Å². The smallest absolute Gasteiger partial charge is 0.230 e. The first-order valence-corrected chi connectivity index (χ1v) is 6.45. The highest BCUT2D eigenvalue weighted by Gasteiger charge is 2.30. The lowest BCUT2D eigenvalue weighted by Gasteiger charge is -2.10. The van der Waals surface area contributed by atoms with Gasteiger partial charge in [-0.2, -0.15) is 0 Å². The number of hydrogen-bond acceptors (Lipinski definition) is 4. The number of halogens is 1. The van der Waals surface area contributed by atoms with Crippen LogP contribution < -0.4 is 10.6 Å². The van der Waals surface area contributed by atoms with E-state index < -0.39 is 0 Å². The Labute approximate surface area is 107 Å². The van der Waals surface area contributed by atoms with Gasteiger partial charge in [-0.25, -0.2) is 4.98 Å². The number of fused-ring (bicyclic) bond motifs is 1. The van der Waals surface area contributed by atoms with Crippen molar-refractivity contribution in [2.45, 2.75) is 12.5 Å². The third kappa shape index (κ3) is 1.80. The number of amides is 1. The van der Waals surface area contributed by atoms with E-state index in [0.717, 1.165) is 10.2 Å². The molecule has 1 aliphatic rings. The number of carbonyl (C=O) groups is 1. The Bertz CT molecular complexity index is 597. The Morgan fingerprint density at radius 3 is 3.00 bits per heavy atom. The van der Waals surface area contributed by atoms with Gasteiger partial charge in [0.15, 0.2) is 5.13 Å². The maximum absolute atomic E-state index is 11.7. The first-order valence-electron chi connectivity index (χ1n) is 5.26. The van der Waals surface area contributed by atoms with Crippen LogP contribution in [0.1, 0.15) is 6.42 Å². The van der Waals surface area contributed by atoms with Crippen molar-refractivity contribution < 1.29 is 4.79 Å². The summed E-state index contributed by atoms with van der Waals surface area (Å²) < 4.78 is 0.987. The zero-order valence-electron chi connectivity index (χ0n) is 8.89. The van der Waals surface area contributed by atoms with E-state index in [1.807, 2.05) is 12.1 Å². The predicted octanol–water partition coefficient (Wildman–Crippen LogP) is 2.01. The molecule has 1 aliphatic heterocycles. The summed E-state index contributed by atoms with van der Waals surface area (Å²) in [6.45, 7) is 0.538. The first kappa shape index (κ1) is 11.0. The number of aromatic nitrogens is 1. The SMILES string of the molecule is NC1CC(=O)N(c2nc3c(Cl)cccc3s2)C1. The van der Waals surface area contributed by atoms with Crippen LogP contribution in [0.25, 0.3) is 10.2 Å². The van der Waals surface area contributed by atoms with Crippen molar-refractivity contribution in [2.75, 3.05) is 11.4 Å². The number of hydrogen-bond donors (Lipinski definition) is 1. The summed E-state index contributed by atoms with van der Waals surface area (Å²) >= 11 is 7.53. The number of nitrogens with zero attached hydrogens (tertiary/aromatic N) is 2. The van der Waals surface area contributed by atoms with Crippen LogP contribution in [-0.2, 0) is 4.79 Å². The van der Waals surface area contributed by atoms with Gasteiger partial charge in [0, 0.05) is 19.0 Å². The summed E-state index contributed by atoms with van der Waals surface area (Å²) in [5.74, 6) is 0.0349. The summed E-state index contributed by atoms with van der Waals surface area (Å²) in [6.07, 6.45) is 0.393. The molecule has 1 amide bonds. The molecular formula is C11H10ClN3OS. The van der Waals surface area contributed by atoms with Gasteiger partial charge in [0.2, 0.25) is 5.91 Å². The van der Waals surface area contributed by atoms with Crippen LogP contribution in [-0.4, -0.2) is 23.5 Å². The van der Waals surface area contributed by atoms with Crippen molar-refractivity contribution in [3.8, 4) is 0 Å². The fraction of sp³-hybridized carbons (Fsp3) is 0.273. The number of para-hydroxylation sites is 1. The molecule has 0 spiro atoms. The molecule has 2 heterocycles. The average Bonchev–Trinajstić information content (AvgIpc) is 2.82. The molecule has 4 nitrogen and oxygen atoms in total. The highest BCUT2D eigenvalue weighted by Crippen LogP contribution is 2.34. The van der Waals surface area contributed by atoms with Gasteiger partial charge >= 0.3 is 0 Å². The minimum atomic E-state index is -0.0926. The van der Waals surface area contributed by atoms with Crippen molar-refractivity contribution in [1.82, 2.24) is 4.98 Å². The zero-order chi connectivity index (χ0) is 12.0. The maximum Gasteiger partial charge on any atom is 0.230 e. The van der Waals surface area contributed by atoms with Gasteiger partial charge in [-0.15, -0.1) is 0 Å². The van der Waals surface area contributed by atoms with Crippen LogP contribution in [0.5, 0.6) is 0 Å². The summed E-state index contributed by atoms with van der Waals surface area (Å²) in [5, 5.41) is 1.30. The Balaban J connectivity index is 2.07. The normalized spacial score (nSPS) is 20.5. The molecule has 3 rings (SSSR count). The van der Waals surface area contributed by atoms with Crippen LogP contribution in [0.15, 0.2) is 18.2 Å². The van der Waals surface area contributed by atoms with Crippen LogP contribution in [0.4, 0.5) is 5.13 Å². The van der Waals surface area contributed by atoms with E-state index in [1.165, 1.54) is 11.3 Å². The lowest BCUT2D eigenvalue weighted by Crippen LogP contribution is -2.27. The van der Waals surface area contributed by atoms with Crippen molar-refractivity contribution in [3.63, 3.8) is 0 Å². The second-order valence-electron chi connectivity index (χ2n) is 4.05. The van der Waals surface area contributed by atoms with Gasteiger partial charge in [-0.1, -0.05) is 29.0 Å². The van der Waals surface area contributed by atoms with Crippen LogP contribution in [0.2, 0.25) is 5.02 Å². The standard InChI is InChI=1S/C11H10ClN3OS/c12-7-2-1-3-8-10(7)14-11(17-8)15-5-6(13)4-9(15)16/h1-3,6H,4-5,13H2. The minimum Gasteiger partial charge on any atom is -0.326 e. The molecule has 17 heavy (non-hydrogen) atoms. The van der Waals surface area contributed by atoms with Crippen molar-refractivity contribution in [1.29, 1.82) is 0 Å². The Morgan fingerprint density at radius 1 is 1.53 bits per heavy atom. The molecular weight excluding hydrogens is 258 g/mol. The molecule has 0 saturated carbocycles. The Kier molecular flexibility index (Phi) is 2.54. The van der Waals surface area contributed by atoms with Gasteiger partial charge in [-0.05, 0) is 12.1 Å². The molecule has 6 heteroatoms. The fourth-order valence-corrected chi connectivity index (χ4v) is 3.23. The molecule has 1 aromatic heterocycles. The number of anilines is 1. The molecule has 0 radical (unpaired) electrons. The molecule has 1 atom stereocenters. The molecule has 2 N–H and O–H groups in total. The molecule has 0 bridgehead atoms. The van der Waals surface area contributed by atoms with Crippen molar-refractivity contribution in [2.24, 2.45) is 5.73 Å². The fourth-order valence-electron chi connectivity index (χ4n) is 1.94. The van der Waals surface area contributed by atoms with Crippen LogP contribution >= 0.6 is 22.9 Å². The topological polar surface area (TPSA) is 59.2 Å². The van der Waals surface area contributed by atoms with E-state index in [4.69, 9.17) is 17.3 Å². The number of thiazole rings is 1. The lowest BCUT2D eigenvalue weighted by atomic mass is 10.3. The third-order valence-corrected chi connectivity index (χ3v) is 4.09. The molecule has 1 saturated heterocycles. The van der Waals surface area contributed by atoms with Gasteiger partial charge < -0.3 is 5.73 Å². The lowest BCUT2D eigenvalue weighted by molar-refractivity contribution is -0.117. The van der Waals surface area contributed by atoms with E-state index in [2.05, 4.69) is 4.98 Å². The van der Waals surface area contributed by atoms with Gasteiger partial charge in [0.25, 0.3) is 0 Å². The van der Waals surface area contributed by atoms with Crippen LogP contribution in [0.3, 0.4) is 0 Å². The number of carbonyl (C=O) groups excluding carboxylic acids is 1. The molecule has 0 aliphatic carbocycles. The largest absolute Gasteiger partial charge is 0.326 e. The molecule has 1 unspecified atom stereocenters. The monoisotopic (exact) mass is 267 g/mol. The summed E-state index contributed by atoms with van der Waals surface area (Å²) in [6, 6.07) is 5.53. The Hall–Kier alpha value is -1.17. The van der Waals surface area contributed by atoms with Gasteiger partial charge in [-0.3, -0.25) is 9.69 Å². The minimum absolute atomic E-state index is 0.0349. The highest BCUT2D eigenvalue weighted by molar-refractivity contribution is 7.22. The predicted molar refractivity (Wildman–Crippen MR) is 69.6 cm³/mol. The van der Waals surface area contributed by atoms with E-state index >= 15 is 0 Å². The summed E-state index contributed by atoms with van der Waals surface area (Å²) in [4.78, 5) is 17.8. The van der Waals surface area contributed by atoms with E-state index in [1.54, 1.807) is 11.0 Å². The van der Waals surface area contributed by atoms with Crippen molar-refractivity contribution >= 4 is 44.2 Å². The molecule has 1 aromatic carbocycles. The quantitative estimate of drug-likeness (QED) is 0.860. The molecule has 1 fully saturated rings. The second-order valence-corrected chi connectivity index (χ2v) is 5.47. The van der Waals surface area contributed by atoms with E-state index in [0.29, 0.717) is 23.1 Å². The second kappa shape index (κ2) is 3.94. The van der Waals surface area contributed by atoms with E-state index in [9.17, 15) is 4.79 Å². The summed E-state index contributed by atoms with van der Waals surface area (Å²) in [5.41, 5.74) is 6.52. The average molecular weight is 268 g/mol. The van der Waals surface area contributed by atoms with Gasteiger partial charge in [0.05, 0.1) is 9.72 Å².